The smallest absolute Gasteiger partial charge is 0.410 e. The topological polar surface area (TPSA) is 50.8 Å². The van der Waals surface area contributed by atoms with E-state index in [4.69, 9.17) is 9.47 Å². The summed E-state index contributed by atoms with van der Waals surface area (Å²) in [7, 11) is 0. The lowest BCUT2D eigenvalue weighted by Gasteiger charge is -2.48. The second-order valence-corrected chi connectivity index (χ2v) is 6.48. The lowest BCUT2D eigenvalue weighted by molar-refractivity contribution is 0.0108. The van der Waals surface area contributed by atoms with Crippen molar-refractivity contribution in [3.8, 4) is 0 Å². The highest BCUT2D eigenvalue weighted by molar-refractivity contribution is 5.68. The number of nitrogens with zero attached hydrogens (tertiary/aromatic N) is 1. The Kier molecular flexibility index (Phi) is 3.56. The molecule has 1 amide bonds. The number of ether oxygens (including phenoxy) is 2. The summed E-state index contributed by atoms with van der Waals surface area (Å²) in [5, 5.41) is 3.47. The van der Waals surface area contributed by atoms with Crippen LogP contribution >= 0.6 is 0 Å². The number of hydrogen-bond acceptors (Lipinski definition) is 4. The van der Waals surface area contributed by atoms with Crippen molar-refractivity contribution in [1.82, 2.24) is 10.2 Å². The molecule has 0 aromatic rings. The Bertz CT molecular complexity index is 319. The zero-order valence-electron chi connectivity index (χ0n) is 11.8. The molecule has 2 atom stereocenters. The molecule has 1 N–H and O–H groups in total. The first-order chi connectivity index (χ1) is 8.30. The van der Waals surface area contributed by atoms with Crippen molar-refractivity contribution in [1.29, 1.82) is 0 Å². The highest BCUT2D eigenvalue weighted by Gasteiger charge is 2.45. The molecule has 1 spiro atoms. The molecule has 5 nitrogen and oxygen atoms in total. The number of carbonyl (C=O) groups excluding carboxylic acids is 1. The van der Waals surface area contributed by atoms with Crippen molar-refractivity contribution in [2.75, 3.05) is 26.3 Å². The molecule has 2 aliphatic rings. The molecular formula is C13H24N2O3. The van der Waals surface area contributed by atoms with Crippen LogP contribution in [0.3, 0.4) is 0 Å². The second kappa shape index (κ2) is 4.70. The third-order valence-corrected chi connectivity index (χ3v) is 3.28. The first kappa shape index (κ1) is 13.6. The molecule has 2 heterocycles. The molecule has 0 aliphatic carbocycles. The van der Waals surface area contributed by atoms with Crippen LogP contribution in [-0.4, -0.2) is 54.5 Å². The van der Waals surface area contributed by atoms with Crippen molar-refractivity contribution >= 4 is 6.09 Å². The van der Waals surface area contributed by atoms with Gasteiger partial charge in [-0.05, 0) is 34.1 Å². The molecule has 2 rings (SSSR count). The Hall–Kier alpha value is -0.810. The zero-order chi connectivity index (χ0) is 13.4. The van der Waals surface area contributed by atoms with Crippen molar-refractivity contribution in [3.05, 3.63) is 0 Å². The largest absolute Gasteiger partial charge is 0.444 e. The molecule has 2 saturated heterocycles. The van der Waals surface area contributed by atoms with Gasteiger partial charge in [-0.2, -0.15) is 0 Å². The fraction of sp³-hybridized carbons (Fsp3) is 0.923. The van der Waals surface area contributed by atoms with E-state index in [0.717, 1.165) is 6.42 Å². The van der Waals surface area contributed by atoms with Crippen LogP contribution in [0.15, 0.2) is 0 Å². The molecule has 104 valence electrons. The van der Waals surface area contributed by atoms with E-state index in [9.17, 15) is 4.79 Å². The Morgan fingerprint density at radius 3 is 2.72 bits per heavy atom. The van der Waals surface area contributed by atoms with Crippen LogP contribution in [-0.2, 0) is 9.47 Å². The first-order valence-electron chi connectivity index (χ1n) is 6.63. The highest BCUT2D eigenvalue weighted by Crippen LogP contribution is 2.28. The van der Waals surface area contributed by atoms with Gasteiger partial charge in [-0.1, -0.05) is 0 Å². The van der Waals surface area contributed by atoms with E-state index in [1.807, 2.05) is 20.8 Å². The number of rotatable bonds is 0. The summed E-state index contributed by atoms with van der Waals surface area (Å²) in [6, 6.07) is 0.507. The van der Waals surface area contributed by atoms with Crippen molar-refractivity contribution in [2.24, 2.45) is 0 Å². The normalized spacial score (nSPS) is 32.9. The summed E-state index contributed by atoms with van der Waals surface area (Å²) >= 11 is 0. The average Bonchev–Trinajstić information content (AvgIpc) is 2.37. The van der Waals surface area contributed by atoms with E-state index >= 15 is 0 Å². The molecule has 0 aromatic heterocycles. The van der Waals surface area contributed by atoms with Crippen LogP contribution in [0, 0.1) is 0 Å². The summed E-state index contributed by atoms with van der Waals surface area (Å²) in [5.74, 6) is 0. The number of hydrogen-bond donors (Lipinski definition) is 1. The second-order valence-electron chi connectivity index (χ2n) is 6.48. The van der Waals surface area contributed by atoms with Crippen LogP contribution in [0.4, 0.5) is 4.79 Å². The monoisotopic (exact) mass is 256 g/mol. The maximum absolute atomic E-state index is 12.1. The Morgan fingerprint density at radius 2 is 2.17 bits per heavy atom. The molecule has 0 aromatic carbocycles. The minimum absolute atomic E-state index is 0.0627. The maximum atomic E-state index is 12.1. The predicted octanol–water partition coefficient (Wildman–Crippen LogP) is 1.37. The van der Waals surface area contributed by atoms with Gasteiger partial charge >= 0.3 is 6.09 Å². The van der Waals surface area contributed by atoms with E-state index < -0.39 is 5.60 Å². The van der Waals surface area contributed by atoms with E-state index in [-0.39, 0.29) is 11.6 Å². The quantitative estimate of drug-likeness (QED) is 0.711. The minimum atomic E-state index is -0.447. The minimum Gasteiger partial charge on any atom is -0.444 e. The van der Waals surface area contributed by atoms with Gasteiger partial charge in [0.1, 0.15) is 5.60 Å². The zero-order valence-corrected chi connectivity index (χ0v) is 11.8. The van der Waals surface area contributed by atoms with Gasteiger partial charge in [0, 0.05) is 19.1 Å². The van der Waals surface area contributed by atoms with E-state index in [2.05, 4.69) is 12.2 Å². The molecule has 0 radical (unpaired) electrons. The maximum Gasteiger partial charge on any atom is 0.410 e. The number of carbonyl (C=O) groups is 1. The molecule has 2 aliphatic heterocycles. The molecule has 0 bridgehead atoms. The molecular weight excluding hydrogens is 232 g/mol. The lowest BCUT2D eigenvalue weighted by atomic mass is 9.82. The SMILES string of the molecule is CC1CC2(COCCN(C(=O)OC(C)(C)C)C2)N1. The fourth-order valence-electron chi connectivity index (χ4n) is 2.71. The average molecular weight is 256 g/mol. The fourth-order valence-corrected chi connectivity index (χ4v) is 2.71. The molecule has 5 heteroatoms. The Morgan fingerprint density at radius 1 is 1.50 bits per heavy atom. The first-order valence-corrected chi connectivity index (χ1v) is 6.63. The van der Waals surface area contributed by atoms with Gasteiger partial charge in [-0.15, -0.1) is 0 Å². The standard InChI is InChI=1S/C13H24N2O3/c1-10-7-13(14-10)8-15(5-6-17-9-13)11(16)18-12(2,3)4/h10,14H,5-9H2,1-4H3. The van der Waals surface area contributed by atoms with Gasteiger partial charge in [0.05, 0.1) is 18.8 Å². The van der Waals surface area contributed by atoms with Crippen LogP contribution in [0.25, 0.3) is 0 Å². The van der Waals surface area contributed by atoms with Gasteiger partial charge in [0.2, 0.25) is 0 Å². The van der Waals surface area contributed by atoms with Crippen molar-refractivity contribution < 1.29 is 14.3 Å². The number of amides is 1. The van der Waals surface area contributed by atoms with Crippen molar-refractivity contribution in [3.63, 3.8) is 0 Å². The molecule has 0 saturated carbocycles. The number of nitrogens with one attached hydrogen (secondary N) is 1. The van der Waals surface area contributed by atoms with Gasteiger partial charge in [0.25, 0.3) is 0 Å². The predicted molar refractivity (Wildman–Crippen MR) is 68.6 cm³/mol. The molecule has 18 heavy (non-hydrogen) atoms. The van der Waals surface area contributed by atoms with Gasteiger partial charge in [-0.3, -0.25) is 0 Å². The van der Waals surface area contributed by atoms with Crippen LogP contribution in [0.5, 0.6) is 0 Å². The Balaban J connectivity index is 1.97. The van der Waals surface area contributed by atoms with Crippen LogP contribution < -0.4 is 5.32 Å². The summed E-state index contributed by atoms with van der Waals surface area (Å²) < 4.78 is 11.0. The lowest BCUT2D eigenvalue weighted by Crippen LogP contribution is -2.69. The highest BCUT2D eigenvalue weighted by atomic mass is 16.6. The summed E-state index contributed by atoms with van der Waals surface area (Å²) in [5.41, 5.74) is -0.509. The van der Waals surface area contributed by atoms with Crippen LogP contribution in [0.1, 0.15) is 34.1 Å². The molecule has 2 fully saturated rings. The summed E-state index contributed by atoms with van der Waals surface area (Å²) in [6.45, 7) is 10.3. The third-order valence-electron chi connectivity index (χ3n) is 3.28. The van der Waals surface area contributed by atoms with Gasteiger partial charge < -0.3 is 19.7 Å². The van der Waals surface area contributed by atoms with E-state index in [1.165, 1.54) is 0 Å². The summed E-state index contributed by atoms with van der Waals surface area (Å²) in [4.78, 5) is 13.9. The van der Waals surface area contributed by atoms with Crippen molar-refractivity contribution in [2.45, 2.75) is 51.3 Å². The van der Waals surface area contributed by atoms with E-state index in [0.29, 0.717) is 32.3 Å². The molecule has 2 unspecified atom stereocenters. The van der Waals surface area contributed by atoms with Crippen LogP contribution in [0.2, 0.25) is 0 Å². The van der Waals surface area contributed by atoms with Gasteiger partial charge in [-0.25, -0.2) is 4.79 Å². The Labute approximate surface area is 109 Å². The van der Waals surface area contributed by atoms with E-state index in [1.54, 1.807) is 4.90 Å². The van der Waals surface area contributed by atoms with Gasteiger partial charge in [0.15, 0.2) is 0 Å². The summed E-state index contributed by atoms with van der Waals surface area (Å²) in [6.07, 6.45) is 0.806. The third kappa shape index (κ3) is 3.14.